The molecule has 5 nitrogen and oxygen atoms in total. The first-order valence-electron chi connectivity index (χ1n) is 3.96. The van der Waals surface area contributed by atoms with Crippen molar-refractivity contribution < 1.29 is 4.84 Å². The normalized spacial score (nSPS) is 10.4. The van der Waals surface area contributed by atoms with Crippen LogP contribution in [0.5, 0.6) is 0 Å². The molecule has 0 atom stereocenters. The number of nitrogens with one attached hydrogen (secondary N) is 1. The number of aromatic nitrogens is 2. The zero-order valence-corrected chi connectivity index (χ0v) is 6.94. The van der Waals surface area contributed by atoms with E-state index in [1.807, 2.05) is 17.1 Å². The van der Waals surface area contributed by atoms with Crippen molar-refractivity contribution in [3.05, 3.63) is 18.7 Å². The Morgan fingerprint density at radius 1 is 1.50 bits per heavy atom. The summed E-state index contributed by atoms with van der Waals surface area (Å²) in [7, 11) is 0. The van der Waals surface area contributed by atoms with E-state index in [2.05, 4.69) is 10.6 Å². The SMILES string of the molecule is NNOCCCCn1ccnc1. The smallest absolute Gasteiger partial charge is 0.0945 e. The van der Waals surface area contributed by atoms with Gasteiger partial charge >= 0.3 is 0 Å². The molecule has 3 N–H and O–H groups in total. The van der Waals surface area contributed by atoms with E-state index in [1.165, 1.54) is 0 Å². The van der Waals surface area contributed by atoms with E-state index < -0.39 is 0 Å². The molecule has 0 aliphatic carbocycles. The highest BCUT2D eigenvalue weighted by atomic mass is 16.7. The number of hydrazine groups is 1. The molecule has 0 saturated carbocycles. The molecule has 5 heteroatoms. The summed E-state index contributed by atoms with van der Waals surface area (Å²) >= 11 is 0. The van der Waals surface area contributed by atoms with E-state index in [0.29, 0.717) is 6.61 Å². The maximum atomic E-state index is 4.92. The molecule has 0 saturated heterocycles. The predicted molar refractivity (Wildman–Crippen MR) is 44.7 cm³/mol. The van der Waals surface area contributed by atoms with Gasteiger partial charge in [0.05, 0.1) is 12.9 Å². The van der Waals surface area contributed by atoms with Crippen molar-refractivity contribution in [3.8, 4) is 0 Å². The topological polar surface area (TPSA) is 65.1 Å². The molecule has 1 aromatic rings. The second kappa shape index (κ2) is 5.70. The van der Waals surface area contributed by atoms with Gasteiger partial charge in [-0.1, -0.05) is 0 Å². The van der Waals surface area contributed by atoms with Crippen LogP contribution in [0.2, 0.25) is 0 Å². The van der Waals surface area contributed by atoms with Gasteiger partial charge < -0.3 is 4.57 Å². The van der Waals surface area contributed by atoms with Gasteiger partial charge in [-0.2, -0.15) is 0 Å². The molecule has 0 amide bonds. The highest BCUT2D eigenvalue weighted by Gasteiger charge is 1.90. The van der Waals surface area contributed by atoms with E-state index in [9.17, 15) is 0 Å². The lowest BCUT2D eigenvalue weighted by Crippen LogP contribution is -2.22. The molecule has 0 aromatic carbocycles. The van der Waals surface area contributed by atoms with Crippen LogP contribution in [0.3, 0.4) is 0 Å². The Morgan fingerprint density at radius 2 is 2.42 bits per heavy atom. The molecule has 0 bridgehead atoms. The molecule has 1 heterocycles. The molecule has 0 unspecified atom stereocenters. The minimum Gasteiger partial charge on any atom is -0.337 e. The van der Waals surface area contributed by atoms with Crippen molar-refractivity contribution in [2.45, 2.75) is 19.4 Å². The van der Waals surface area contributed by atoms with Crippen LogP contribution in [0.1, 0.15) is 12.8 Å². The second-order valence-electron chi connectivity index (χ2n) is 2.47. The quantitative estimate of drug-likeness (QED) is 0.360. The van der Waals surface area contributed by atoms with Crippen LogP contribution in [0.15, 0.2) is 18.7 Å². The Hall–Kier alpha value is -0.910. The van der Waals surface area contributed by atoms with Gasteiger partial charge in [-0.25, -0.2) is 10.8 Å². The summed E-state index contributed by atoms with van der Waals surface area (Å²) < 4.78 is 2.04. The Morgan fingerprint density at radius 3 is 3.08 bits per heavy atom. The molecule has 68 valence electrons. The van der Waals surface area contributed by atoms with Crippen molar-refractivity contribution in [1.29, 1.82) is 0 Å². The summed E-state index contributed by atoms with van der Waals surface area (Å²) in [5.74, 6) is 4.92. The third kappa shape index (κ3) is 3.47. The number of hydrogen-bond acceptors (Lipinski definition) is 4. The number of hydrogen-bond donors (Lipinski definition) is 2. The van der Waals surface area contributed by atoms with Crippen LogP contribution < -0.4 is 11.4 Å². The van der Waals surface area contributed by atoms with Crippen LogP contribution in [0, 0.1) is 0 Å². The minimum atomic E-state index is 0.644. The minimum absolute atomic E-state index is 0.644. The lowest BCUT2D eigenvalue weighted by Gasteiger charge is -2.01. The molecule has 0 aliphatic rings. The van der Waals surface area contributed by atoms with Gasteiger partial charge in [0, 0.05) is 18.9 Å². The third-order valence-electron chi connectivity index (χ3n) is 1.56. The van der Waals surface area contributed by atoms with E-state index in [4.69, 9.17) is 10.7 Å². The third-order valence-corrected chi connectivity index (χ3v) is 1.56. The van der Waals surface area contributed by atoms with Gasteiger partial charge in [-0.3, -0.25) is 4.84 Å². The fourth-order valence-electron chi connectivity index (χ4n) is 0.947. The van der Waals surface area contributed by atoms with E-state index in [1.54, 1.807) is 6.20 Å². The van der Waals surface area contributed by atoms with Gasteiger partial charge in [0.1, 0.15) is 0 Å². The molecule has 0 radical (unpaired) electrons. The van der Waals surface area contributed by atoms with Crippen LogP contribution in [0.25, 0.3) is 0 Å². The fraction of sp³-hybridized carbons (Fsp3) is 0.571. The zero-order valence-electron chi connectivity index (χ0n) is 6.94. The van der Waals surface area contributed by atoms with Crippen LogP contribution in [-0.4, -0.2) is 16.2 Å². The number of imidazole rings is 1. The highest BCUT2D eigenvalue weighted by molar-refractivity contribution is 4.73. The predicted octanol–water partition coefficient (Wildman–Crippen LogP) is 0.0582. The maximum Gasteiger partial charge on any atom is 0.0945 e. The second-order valence-corrected chi connectivity index (χ2v) is 2.47. The first-order valence-corrected chi connectivity index (χ1v) is 3.96. The first-order chi connectivity index (χ1) is 5.93. The van der Waals surface area contributed by atoms with Gasteiger partial charge in [0.25, 0.3) is 0 Å². The van der Waals surface area contributed by atoms with Crippen molar-refractivity contribution in [2.24, 2.45) is 5.84 Å². The Kier molecular flexibility index (Phi) is 4.36. The standard InChI is InChI=1S/C7H14N4O/c8-10-12-6-2-1-4-11-5-3-9-7-11/h3,5,7,10H,1-2,4,6,8H2. The largest absolute Gasteiger partial charge is 0.337 e. The van der Waals surface area contributed by atoms with Gasteiger partial charge in [-0.05, 0) is 12.8 Å². The lowest BCUT2D eigenvalue weighted by molar-refractivity contribution is 0.0383. The molecule has 1 rings (SSSR count). The Labute approximate surface area is 71.5 Å². The monoisotopic (exact) mass is 170 g/mol. The zero-order chi connectivity index (χ0) is 8.65. The summed E-state index contributed by atoms with van der Waals surface area (Å²) in [5.41, 5.74) is 2.14. The van der Waals surface area contributed by atoms with Crippen molar-refractivity contribution in [1.82, 2.24) is 15.1 Å². The molecule has 0 fully saturated rings. The van der Waals surface area contributed by atoms with Crippen molar-refractivity contribution >= 4 is 0 Å². The van der Waals surface area contributed by atoms with Crippen molar-refractivity contribution in [3.63, 3.8) is 0 Å². The maximum absolute atomic E-state index is 4.92. The highest BCUT2D eigenvalue weighted by Crippen LogP contribution is 1.94. The molecular weight excluding hydrogens is 156 g/mol. The summed E-state index contributed by atoms with van der Waals surface area (Å²) in [5, 5.41) is 0. The molecule has 1 aromatic heterocycles. The molecular formula is C7H14N4O. The van der Waals surface area contributed by atoms with Crippen LogP contribution in [0.4, 0.5) is 0 Å². The van der Waals surface area contributed by atoms with Gasteiger partial charge in [0.15, 0.2) is 0 Å². The van der Waals surface area contributed by atoms with E-state index >= 15 is 0 Å². The molecule has 12 heavy (non-hydrogen) atoms. The summed E-state index contributed by atoms with van der Waals surface area (Å²) in [6, 6.07) is 0. The van der Waals surface area contributed by atoms with E-state index in [0.717, 1.165) is 19.4 Å². The van der Waals surface area contributed by atoms with Gasteiger partial charge in [0.2, 0.25) is 0 Å². The van der Waals surface area contributed by atoms with Crippen LogP contribution >= 0.6 is 0 Å². The average molecular weight is 170 g/mol. The van der Waals surface area contributed by atoms with Crippen LogP contribution in [-0.2, 0) is 11.4 Å². The molecule has 0 aliphatic heterocycles. The fourth-order valence-corrected chi connectivity index (χ4v) is 0.947. The van der Waals surface area contributed by atoms with Crippen molar-refractivity contribution in [2.75, 3.05) is 6.61 Å². The number of nitrogens with zero attached hydrogens (tertiary/aromatic N) is 2. The summed E-state index contributed by atoms with van der Waals surface area (Å²) in [6.45, 7) is 1.62. The number of unbranched alkanes of at least 4 members (excludes halogenated alkanes) is 1. The Bertz CT molecular complexity index is 187. The average Bonchev–Trinajstić information content (AvgIpc) is 2.57. The first kappa shape index (κ1) is 9.18. The number of aryl methyl sites for hydroxylation is 1. The lowest BCUT2D eigenvalue weighted by atomic mass is 10.3. The number of rotatable bonds is 6. The van der Waals surface area contributed by atoms with E-state index in [-0.39, 0.29) is 0 Å². The summed E-state index contributed by atoms with van der Waals surface area (Å²) in [6.07, 6.45) is 7.59. The number of nitrogens with two attached hydrogens (primary N) is 1. The summed E-state index contributed by atoms with van der Waals surface area (Å²) in [4.78, 5) is 8.69. The molecule has 0 spiro atoms. The Balaban J connectivity index is 1.96. The van der Waals surface area contributed by atoms with Gasteiger partial charge in [-0.15, -0.1) is 5.59 Å².